The van der Waals surface area contributed by atoms with Crippen LogP contribution in [-0.4, -0.2) is 11.8 Å². The maximum Gasteiger partial charge on any atom is 0.234 e. The Labute approximate surface area is 109 Å². The fraction of sp³-hybridized carbons (Fsp3) is 0.200. The highest BCUT2D eigenvalue weighted by molar-refractivity contribution is 6.03. The van der Waals surface area contributed by atoms with Crippen molar-refractivity contribution < 1.29 is 14.0 Å². The molecule has 19 heavy (non-hydrogen) atoms. The summed E-state index contributed by atoms with van der Waals surface area (Å²) in [5.41, 5.74) is 2.07. The van der Waals surface area contributed by atoms with Gasteiger partial charge in [-0.25, -0.2) is 0 Å². The molecule has 1 fully saturated rings. The minimum atomic E-state index is -0.355. The molecule has 1 aromatic carbocycles. The summed E-state index contributed by atoms with van der Waals surface area (Å²) in [6.45, 7) is 0. The van der Waals surface area contributed by atoms with Crippen molar-refractivity contribution in [3.8, 4) is 12.3 Å². The van der Waals surface area contributed by atoms with E-state index in [1.165, 1.54) is 0 Å². The van der Waals surface area contributed by atoms with Crippen LogP contribution in [0.3, 0.4) is 0 Å². The summed E-state index contributed by atoms with van der Waals surface area (Å²) in [4.78, 5) is 23.1. The summed E-state index contributed by atoms with van der Waals surface area (Å²) in [7, 11) is 0. The summed E-state index contributed by atoms with van der Waals surface area (Å²) in [6.07, 6.45) is 7.82. The van der Waals surface area contributed by atoms with Crippen LogP contribution < -0.4 is 5.32 Å². The fourth-order valence-corrected chi connectivity index (χ4v) is 2.45. The summed E-state index contributed by atoms with van der Waals surface area (Å²) < 4.78 is 5.49. The van der Waals surface area contributed by atoms with Gasteiger partial charge < -0.3 is 4.42 Å². The molecule has 2 aromatic rings. The normalized spacial score (nSPS) is 19.2. The Balaban J connectivity index is 2.09. The number of hydrogen-bond acceptors (Lipinski definition) is 3. The van der Waals surface area contributed by atoms with Gasteiger partial charge in [-0.3, -0.25) is 14.9 Å². The Morgan fingerprint density at radius 2 is 2.21 bits per heavy atom. The molecule has 0 spiro atoms. The molecule has 0 bridgehead atoms. The van der Waals surface area contributed by atoms with Crippen molar-refractivity contribution in [3.63, 3.8) is 0 Å². The van der Waals surface area contributed by atoms with Crippen LogP contribution in [0.1, 0.15) is 29.9 Å². The topological polar surface area (TPSA) is 59.3 Å². The molecule has 2 heterocycles. The molecule has 1 atom stereocenters. The summed E-state index contributed by atoms with van der Waals surface area (Å²) in [6, 6.07) is 5.50. The zero-order valence-electron chi connectivity index (χ0n) is 10.1. The lowest BCUT2D eigenvalue weighted by atomic mass is 9.90. The van der Waals surface area contributed by atoms with Gasteiger partial charge in [0.15, 0.2) is 0 Å². The smallest absolute Gasteiger partial charge is 0.234 e. The molecule has 0 aliphatic carbocycles. The van der Waals surface area contributed by atoms with Crippen molar-refractivity contribution in [2.75, 3.05) is 0 Å². The second kappa shape index (κ2) is 4.29. The Kier molecular flexibility index (Phi) is 2.60. The van der Waals surface area contributed by atoms with Gasteiger partial charge in [0.05, 0.1) is 17.7 Å². The van der Waals surface area contributed by atoms with E-state index < -0.39 is 0 Å². The molecule has 1 aliphatic rings. The van der Waals surface area contributed by atoms with E-state index in [9.17, 15) is 9.59 Å². The predicted octanol–water partition coefficient (Wildman–Crippen LogP) is 1.93. The number of imide groups is 1. The molecule has 94 valence electrons. The lowest BCUT2D eigenvalue weighted by molar-refractivity contribution is -0.134. The van der Waals surface area contributed by atoms with Crippen LogP contribution in [0.4, 0.5) is 0 Å². The highest BCUT2D eigenvalue weighted by Gasteiger charge is 2.30. The maximum atomic E-state index is 11.9. The molecule has 0 saturated carbocycles. The number of terminal acetylenes is 1. The first-order valence-corrected chi connectivity index (χ1v) is 6.01. The quantitative estimate of drug-likeness (QED) is 0.624. The molecule has 4 nitrogen and oxygen atoms in total. The number of amides is 2. The first kappa shape index (κ1) is 11.5. The van der Waals surface area contributed by atoms with Gasteiger partial charge in [-0.1, -0.05) is 18.1 Å². The van der Waals surface area contributed by atoms with Crippen LogP contribution in [0.15, 0.2) is 28.9 Å². The summed E-state index contributed by atoms with van der Waals surface area (Å²) in [5.74, 6) is 1.70. The molecule has 1 aromatic heterocycles. The number of piperidine rings is 1. The van der Waals surface area contributed by atoms with Crippen LogP contribution in [-0.2, 0) is 9.59 Å². The zero-order chi connectivity index (χ0) is 13.4. The van der Waals surface area contributed by atoms with Gasteiger partial charge in [-0.05, 0) is 12.5 Å². The van der Waals surface area contributed by atoms with E-state index in [4.69, 9.17) is 10.8 Å². The molecule has 1 unspecified atom stereocenters. The molecule has 1 aliphatic heterocycles. The van der Waals surface area contributed by atoms with Crippen LogP contribution >= 0.6 is 0 Å². The minimum Gasteiger partial charge on any atom is -0.463 e. The van der Waals surface area contributed by atoms with Gasteiger partial charge in [0.2, 0.25) is 11.8 Å². The van der Waals surface area contributed by atoms with E-state index in [0.717, 1.165) is 10.9 Å². The number of para-hydroxylation sites is 1. The zero-order valence-corrected chi connectivity index (χ0v) is 10.1. The van der Waals surface area contributed by atoms with Crippen molar-refractivity contribution in [2.45, 2.75) is 18.8 Å². The number of benzene rings is 1. The maximum absolute atomic E-state index is 11.9. The average molecular weight is 253 g/mol. The molecular weight excluding hydrogens is 242 g/mol. The van der Waals surface area contributed by atoms with Gasteiger partial charge >= 0.3 is 0 Å². The number of nitrogens with one attached hydrogen (secondary N) is 1. The van der Waals surface area contributed by atoms with Gasteiger partial charge in [0, 0.05) is 17.4 Å². The third-order valence-corrected chi connectivity index (χ3v) is 3.40. The van der Waals surface area contributed by atoms with Gasteiger partial charge in [-0.2, -0.15) is 0 Å². The second-order valence-corrected chi connectivity index (χ2v) is 4.52. The molecule has 2 amide bonds. The Morgan fingerprint density at radius 3 is 2.95 bits per heavy atom. The third-order valence-electron chi connectivity index (χ3n) is 3.40. The average Bonchev–Trinajstić information content (AvgIpc) is 2.82. The highest BCUT2D eigenvalue weighted by Crippen LogP contribution is 2.33. The number of fused-ring (bicyclic) bond motifs is 1. The number of hydrogen-bond donors (Lipinski definition) is 1. The van der Waals surface area contributed by atoms with E-state index in [-0.39, 0.29) is 17.7 Å². The monoisotopic (exact) mass is 253 g/mol. The Morgan fingerprint density at radius 1 is 1.37 bits per heavy atom. The Hall–Kier alpha value is -2.54. The van der Waals surface area contributed by atoms with E-state index in [1.807, 2.05) is 12.1 Å². The number of furan rings is 1. The van der Waals surface area contributed by atoms with Crippen LogP contribution in [0.25, 0.3) is 11.0 Å². The third kappa shape index (κ3) is 1.80. The summed E-state index contributed by atoms with van der Waals surface area (Å²) >= 11 is 0. The van der Waals surface area contributed by atoms with E-state index in [1.54, 1.807) is 12.3 Å². The van der Waals surface area contributed by atoms with E-state index in [2.05, 4.69) is 11.2 Å². The van der Waals surface area contributed by atoms with Gasteiger partial charge in [0.1, 0.15) is 5.58 Å². The van der Waals surface area contributed by atoms with Crippen molar-refractivity contribution in [2.24, 2.45) is 0 Å². The SMILES string of the molecule is C#Cc1cccc2c(C3CCC(=O)NC3=O)coc12. The predicted molar refractivity (Wildman–Crippen MR) is 69.3 cm³/mol. The number of rotatable bonds is 1. The standard InChI is InChI=1S/C15H11NO3/c1-2-9-4-3-5-10-12(8-19-14(9)10)11-6-7-13(17)16-15(11)18/h1,3-5,8,11H,6-7H2,(H,16,17,18). The number of carbonyl (C=O) groups is 2. The lowest BCUT2D eigenvalue weighted by Gasteiger charge is -2.19. The molecule has 0 radical (unpaired) electrons. The highest BCUT2D eigenvalue weighted by atomic mass is 16.3. The minimum absolute atomic E-state index is 0.224. The summed E-state index contributed by atoms with van der Waals surface area (Å²) in [5, 5.41) is 3.19. The first-order chi connectivity index (χ1) is 9.20. The molecule has 1 saturated heterocycles. The van der Waals surface area contributed by atoms with E-state index >= 15 is 0 Å². The molecule has 4 heteroatoms. The van der Waals surface area contributed by atoms with Crippen molar-refractivity contribution >= 4 is 22.8 Å². The molecule has 1 N–H and O–H groups in total. The van der Waals surface area contributed by atoms with Crippen molar-refractivity contribution in [1.82, 2.24) is 5.32 Å². The van der Waals surface area contributed by atoms with Crippen molar-refractivity contribution in [3.05, 3.63) is 35.6 Å². The second-order valence-electron chi connectivity index (χ2n) is 4.52. The molecular formula is C15H11NO3. The Bertz CT molecular complexity index is 721. The van der Waals surface area contributed by atoms with E-state index in [0.29, 0.717) is 24.0 Å². The van der Waals surface area contributed by atoms with Gasteiger partial charge in [-0.15, -0.1) is 6.42 Å². The largest absolute Gasteiger partial charge is 0.463 e. The fourth-order valence-electron chi connectivity index (χ4n) is 2.45. The van der Waals surface area contributed by atoms with Crippen LogP contribution in [0.5, 0.6) is 0 Å². The van der Waals surface area contributed by atoms with Crippen LogP contribution in [0, 0.1) is 12.3 Å². The molecule has 3 rings (SSSR count). The number of carbonyl (C=O) groups excluding carboxylic acids is 2. The van der Waals surface area contributed by atoms with Crippen LogP contribution in [0.2, 0.25) is 0 Å². The van der Waals surface area contributed by atoms with Gasteiger partial charge in [0.25, 0.3) is 0 Å². The van der Waals surface area contributed by atoms with Crippen molar-refractivity contribution in [1.29, 1.82) is 0 Å². The lowest BCUT2D eigenvalue weighted by Crippen LogP contribution is -2.39. The first-order valence-electron chi connectivity index (χ1n) is 6.01.